The molecule has 0 saturated carbocycles. The average molecular weight is 396 g/mol. The second-order valence-electron chi connectivity index (χ2n) is 7.14. The lowest BCUT2D eigenvalue weighted by Crippen LogP contribution is -2.53. The molecule has 0 aliphatic carbocycles. The summed E-state index contributed by atoms with van der Waals surface area (Å²) in [6.07, 6.45) is 1.40. The summed E-state index contributed by atoms with van der Waals surface area (Å²) in [6.45, 7) is 0.983. The molecule has 1 saturated heterocycles. The van der Waals surface area contributed by atoms with Crippen molar-refractivity contribution in [3.8, 4) is 11.8 Å². The standard InChI is InChI=1S/C21H18ClN3O3/c22-15-2-1-3-16(11-15)24-20(27)25-8-6-21(7-9-25)12-18(26)17-10-14(13-23)4-5-19(17)28-21/h1-5,10-11H,6-9,12H2,(H,24,27). The summed E-state index contributed by atoms with van der Waals surface area (Å²) in [7, 11) is 0. The molecule has 1 fully saturated rings. The quantitative estimate of drug-likeness (QED) is 0.782. The van der Waals surface area contributed by atoms with Crippen LogP contribution in [0, 0.1) is 11.3 Å². The number of carbonyl (C=O) groups is 2. The third-order valence-electron chi connectivity index (χ3n) is 5.26. The number of ether oxygens (including phenoxy) is 1. The van der Waals surface area contributed by atoms with Crippen molar-refractivity contribution in [1.29, 1.82) is 5.26 Å². The number of anilines is 1. The fourth-order valence-corrected chi connectivity index (χ4v) is 3.92. The number of Topliss-reactive ketones (excluding diaryl/α,β-unsaturated/α-hetero) is 1. The van der Waals surface area contributed by atoms with Crippen molar-refractivity contribution in [2.75, 3.05) is 18.4 Å². The molecule has 0 unspecified atom stereocenters. The van der Waals surface area contributed by atoms with Crippen LogP contribution in [0.5, 0.6) is 5.75 Å². The van der Waals surface area contributed by atoms with Crippen LogP contribution in [0.15, 0.2) is 42.5 Å². The number of nitriles is 1. The van der Waals surface area contributed by atoms with Gasteiger partial charge in [-0.2, -0.15) is 5.26 Å². The minimum Gasteiger partial charge on any atom is -0.486 e. The average Bonchev–Trinajstić information content (AvgIpc) is 2.68. The van der Waals surface area contributed by atoms with Crippen LogP contribution in [-0.4, -0.2) is 35.4 Å². The van der Waals surface area contributed by atoms with E-state index in [1.54, 1.807) is 47.4 Å². The molecule has 2 aromatic carbocycles. The van der Waals surface area contributed by atoms with Gasteiger partial charge in [0.2, 0.25) is 0 Å². The molecule has 28 heavy (non-hydrogen) atoms. The molecule has 0 aromatic heterocycles. The number of ketones is 1. The smallest absolute Gasteiger partial charge is 0.321 e. The highest BCUT2D eigenvalue weighted by Gasteiger charge is 2.43. The van der Waals surface area contributed by atoms with Crippen LogP contribution >= 0.6 is 11.6 Å². The van der Waals surface area contributed by atoms with Gasteiger partial charge >= 0.3 is 6.03 Å². The number of halogens is 1. The van der Waals surface area contributed by atoms with Crippen molar-refractivity contribution in [3.05, 3.63) is 58.6 Å². The van der Waals surface area contributed by atoms with Crippen molar-refractivity contribution in [2.24, 2.45) is 0 Å². The maximum Gasteiger partial charge on any atom is 0.321 e. The first-order valence-corrected chi connectivity index (χ1v) is 9.44. The number of hydrogen-bond acceptors (Lipinski definition) is 4. The lowest BCUT2D eigenvalue weighted by atomic mass is 9.82. The molecule has 2 heterocycles. The van der Waals surface area contributed by atoms with Crippen molar-refractivity contribution in [1.82, 2.24) is 4.90 Å². The van der Waals surface area contributed by atoms with Gasteiger partial charge in [0.25, 0.3) is 0 Å². The second-order valence-corrected chi connectivity index (χ2v) is 7.57. The molecule has 2 aromatic rings. The number of carbonyl (C=O) groups excluding carboxylic acids is 2. The van der Waals surface area contributed by atoms with Gasteiger partial charge in [0, 0.05) is 36.6 Å². The molecule has 1 N–H and O–H groups in total. The van der Waals surface area contributed by atoms with E-state index in [1.165, 1.54) is 0 Å². The number of likely N-dealkylation sites (tertiary alicyclic amines) is 1. The molecule has 2 aliphatic rings. The van der Waals surface area contributed by atoms with Crippen molar-refractivity contribution < 1.29 is 14.3 Å². The summed E-state index contributed by atoms with van der Waals surface area (Å²) in [5.74, 6) is 0.502. The number of nitrogens with zero attached hydrogens (tertiary/aromatic N) is 2. The van der Waals surface area contributed by atoms with Crippen molar-refractivity contribution in [2.45, 2.75) is 24.9 Å². The summed E-state index contributed by atoms with van der Waals surface area (Å²) < 4.78 is 6.19. The van der Waals surface area contributed by atoms with Gasteiger partial charge in [-0.15, -0.1) is 0 Å². The Labute approximate surface area is 167 Å². The SMILES string of the molecule is N#Cc1ccc2c(c1)C(=O)CC1(CCN(C(=O)Nc3cccc(Cl)c3)CC1)O2. The predicted molar refractivity (Wildman–Crippen MR) is 105 cm³/mol. The van der Waals surface area contributed by atoms with E-state index in [4.69, 9.17) is 21.6 Å². The second kappa shape index (κ2) is 7.17. The van der Waals surface area contributed by atoms with Gasteiger partial charge in [0.05, 0.1) is 23.6 Å². The molecule has 142 valence electrons. The summed E-state index contributed by atoms with van der Waals surface area (Å²) in [5, 5.41) is 12.4. The normalized spacial score (nSPS) is 17.4. The van der Waals surface area contributed by atoms with Crippen LogP contribution in [0.25, 0.3) is 0 Å². The fourth-order valence-electron chi connectivity index (χ4n) is 3.73. The van der Waals surface area contributed by atoms with Crippen LogP contribution in [-0.2, 0) is 0 Å². The number of fused-ring (bicyclic) bond motifs is 1. The largest absolute Gasteiger partial charge is 0.486 e. The van der Waals surface area contributed by atoms with Crippen LogP contribution < -0.4 is 10.1 Å². The van der Waals surface area contributed by atoms with Gasteiger partial charge in [-0.1, -0.05) is 17.7 Å². The first kappa shape index (κ1) is 18.3. The van der Waals surface area contributed by atoms with Crippen molar-refractivity contribution in [3.63, 3.8) is 0 Å². The lowest BCUT2D eigenvalue weighted by molar-refractivity contribution is 0.000381. The van der Waals surface area contributed by atoms with Gasteiger partial charge < -0.3 is 15.0 Å². The molecular weight excluding hydrogens is 378 g/mol. The number of urea groups is 1. The Kier molecular flexibility index (Phi) is 4.70. The van der Waals surface area contributed by atoms with E-state index < -0.39 is 5.60 Å². The summed E-state index contributed by atoms with van der Waals surface area (Å²) >= 11 is 5.95. The van der Waals surface area contributed by atoms with E-state index >= 15 is 0 Å². The van der Waals surface area contributed by atoms with Crippen LogP contribution in [0.1, 0.15) is 35.2 Å². The first-order valence-electron chi connectivity index (χ1n) is 9.06. The topological polar surface area (TPSA) is 82.4 Å². The number of hydrogen-bond donors (Lipinski definition) is 1. The molecule has 2 amide bonds. The van der Waals surface area contributed by atoms with Gasteiger partial charge in [-0.05, 0) is 36.4 Å². The number of nitrogens with one attached hydrogen (secondary N) is 1. The molecule has 0 atom stereocenters. The van der Waals surface area contributed by atoms with E-state index in [1.807, 2.05) is 6.07 Å². The van der Waals surface area contributed by atoms with E-state index in [2.05, 4.69) is 5.32 Å². The third-order valence-corrected chi connectivity index (χ3v) is 5.49. The Hall–Kier alpha value is -3.04. The summed E-state index contributed by atoms with van der Waals surface area (Å²) in [6, 6.07) is 13.8. The molecule has 7 heteroatoms. The maximum absolute atomic E-state index is 12.6. The highest BCUT2D eigenvalue weighted by Crippen LogP contribution is 2.39. The Morgan fingerprint density at radius 2 is 2.00 bits per heavy atom. The number of rotatable bonds is 1. The van der Waals surface area contributed by atoms with E-state index in [0.717, 1.165) is 0 Å². The fraction of sp³-hybridized carbons (Fsp3) is 0.286. The number of amides is 2. The highest BCUT2D eigenvalue weighted by atomic mass is 35.5. The van der Waals surface area contributed by atoms with E-state index in [0.29, 0.717) is 53.5 Å². The summed E-state index contributed by atoms with van der Waals surface area (Å²) in [4.78, 5) is 26.9. The van der Waals surface area contributed by atoms with Crippen molar-refractivity contribution >= 4 is 29.1 Å². The zero-order chi connectivity index (χ0) is 19.7. The highest BCUT2D eigenvalue weighted by molar-refractivity contribution is 6.30. The van der Waals surface area contributed by atoms with Gasteiger partial charge in [0.15, 0.2) is 5.78 Å². The Balaban J connectivity index is 1.43. The minimum absolute atomic E-state index is 0.0184. The third kappa shape index (κ3) is 3.54. The number of piperidine rings is 1. The maximum atomic E-state index is 12.6. The molecule has 0 radical (unpaired) electrons. The van der Waals surface area contributed by atoms with Gasteiger partial charge in [-0.3, -0.25) is 4.79 Å². The van der Waals surface area contributed by atoms with Crippen LogP contribution in [0.3, 0.4) is 0 Å². The molecule has 2 aliphatic heterocycles. The molecular formula is C21H18ClN3O3. The monoisotopic (exact) mass is 395 g/mol. The Morgan fingerprint density at radius 1 is 1.21 bits per heavy atom. The zero-order valence-corrected chi connectivity index (χ0v) is 15.8. The lowest BCUT2D eigenvalue weighted by Gasteiger charge is -2.43. The zero-order valence-electron chi connectivity index (χ0n) is 15.1. The predicted octanol–water partition coefficient (Wildman–Crippen LogP) is 4.24. The molecule has 6 nitrogen and oxygen atoms in total. The van der Waals surface area contributed by atoms with E-state index in [9.17, 15) is 9.59 Å². The van der Waals surface area contributed by atoms with Crippen LogP contribution in [0.2, 0.25) is 5.02 Å². The van der Waals surface area contributed by atoms with Gasteiger partial charge in [0.1, 0.15) is 11.4 Å². The molecule has 4 rings (SSSR count). The molecule has 1 spiro atoms. The van der Waals surface area contributed by atoms with Gasteiger partial charge in [-0.25, -0.2) is 4.79 Å². The summed E-state index contributed by atoms with van der Waals surface area (Å²) in [5.41, 5.74) is 0.958. The molecule has 0 bridgehead atoms. The van der Waals surface area contributed by atoms with Crippen LogP contribution in [0.4, 0.5) is 10.5 Å². The Morgan fingerprint density at radius 3 is 2.71 bits per heavy atom. The first-order chi connectivity index (χ1) is 13.5. The number of benzene rings is 2. The van der Waals surface area contributed by atoms with E-state index in [-0.39, 0.29) is 18.2 Å². The Bertz CT molecular complexity index is 991. The minimum atomic E-state index is -0.592.